The number of fused-ring (bicyclic) bond motifs is 3. The van der Waals surface area contributed by atoms with Crippen molar-refractivity contribution in [2.24, 2.45) is 0 Å². The fourth-order valence-corrected chi connectivity index (χ4v) is 5.18. The van der Waals surface area contributed by atoms with Crippen LogP contribution in [0.15, 0.2) is 68.6 Å². The van der Waals surface area contributed by atoms with E-state index in [1.54, 1.807) is 23.6 Å². The van der Waals surface area contributed by atoms with E-state index in [0.29, 0.717) is 11.3 Å². The second-order valence-electron chi connectivity index (χ2n) is 6.05. The summed E-state index contributed by atoms with van der Waals surface area (Å²) in [5, 5.41) is 6.37. The van der Waals surface area contributed by atoms with Crippen LogP contribution < -0.4 is 5.32 Å². The zero-order valence-electron chi connectivity index (χ0n) is 14.4. The Balaban J connectivity index is 1.52. The maximum atomic E-state index is 12.4. The number of rotatable bonds is 5. The lowest BCUT2D eigenvalue weighted by molar-refractivity contribution is -0.116. The maximum Gasteiger partial charge on any atom is 0.252 e. The topological polar surface area (TPSA) is 79.6 Å². The van der Waals surface area contributed by atoms with Gasteiger partial charge in [0.15, 0.2) is 0 Å². The smallest absolute Gasteiger partial charge is 0.252 e. The molecule has 4 rings (SSSR count). The van der Waals surface area contributed by atoms with Gasteiger partial charge in [-0.25, -0.2) is 8.42 Å². The van der Waals surface area contributed by atoms with Crippen molar-refractivity contribution in [1.82, 2.24) is 4.31 Å². The van der Waals surface area contributed by atoms with Crippen molar-refractivity contribution in [1.29, 1.82) is 0 Å². The SMILES string of the molecule is CN(CC(=O)Nc1ccc2c(c1)oc1ccccc12)S(=O)(=O)c1cccs1. The van der Waals surface area contributed by atoms with Crippen molar-refractivity contribution in [3.63, 3.8) is 0 Å². The first-order chi connectivity index (χ1) is 12.9. The Morgan fingerprint density at radius 2 is 1.85 bits per heavy atom. The number of para-hydroxylation sites is 1. The maximum absolute atomic E-state index is 12.4. The van der Waals surface area contributed by atoms with Crippen molar-refractivity contribution >= 4 is 54.9 Å². The minimum Gasteiger partial charge on any atom is -0.456 e. The molecule has 2 heterocycles. The minimum atomic E-state index is -3.66. The fourth-order valence-electron chi connectivity index (χ4n) is 2.86. The van der Waals surface area contributed by atoms with Gasteiger partial charge in [-0.3, -0.25) is 4.79 Å². The average molecular weight is 400 g/mol. The molecule has 0 spiro atoms. The molecular weight excluding hydrogens is 384 g/mol. The third kappa shape index (κ3) is 3.34. The van der Waals surface area contributed by atoms with Gasteiger partial charge in [-0.15, -0.1) is 11.3 Å². The molecule has 4 aromatic rings. The van der Waals surface area contributed by atoms with Crippen LogP contribution in [0.1, 0.15) is 0 Å². The molecule has 138 valence electrons. The highest BCUT2D eigenvalue weighted by atomic mass is 32.2. The van der Waals surface area contributed by atoms with E-state index in [1.807, 2.05) is 30.3 Å². The Morgan fingerprint density at radius 3 is 2.63 bits per heavy atom. The monoisotopic (exact) mass is 400 g/mol. The number of benzene rings is 2. The van der Waals surface area contributed by atoms with Crippen molar-refractivity contribution in [2.75, 3.05) is 18.9 Å². The van der Waals surface area contributed by atoms with Crippen LogP contribution in [0.5, 0.6) is 0 Å². The zero-order valence-corrected chi connectivity index (χ0v) is 16.0. The number of furan rings is 1. The number of carbonyl (C=O) groups excluding carboxylic acids is 1. The first-order valence-electron chi connectivity index (χ1n) is 8.16. The molecule has 0 saturated carbocycles. The standard InChI is InChI=1S/C19H16N2O4S2/c1-21(27(23,24)19-7-4-10-26-19)12-18(22)20-13-8-9-15-14-5-2-3-6-16(14)25-17(15)11-13/h2-11H,12H2,1H3,(H,20,22). The van der Waals surface area contributed by atoms with Crippen molar-refractivity contribution in [3.05, 3.63) is 60.0 Å². The molecule has 8 heteroatoms. The molecule has 0 aliphatic rings. The molecule has 2 aromatic carbocycles. The van der Waals surface area contributed by atoms with Crippen LogP contribution in [0.25, 0.3) is 21.9 Å². The number of hydrogen-bond acceptors (Lipinski definition) is 5. The van der Waals surface area contributed by atoms with E-state index in [4.69, 9.17) is 4.42 Å². The Labute approximate surface area is 160 Å². The van der Waals surface area contributed by atoms with Crippen LogP contribution in [-0.4, -0.2) is 32.2 Å². The summed E-state index contributed by atoms with van der Waals surface area (Å²) in [5.74, 6) is -0.423. The Kier molecular flexibility index (Phi) is 4.47. The van der Waals surface area contributed by atoms with Gasteiger partial charge in [0, 0.05) is 29.6 Å². The van der Waals surface area contributed by atoms with Crippen LogP contribution >= 0.6 is 11.3 Å². The average Bonchev–Trinajstić information content (AvgIpc) is 3.29. The molecular formula is C19H16N2O4S2. The van der Waals surface area contributed by atoms with Crippen LogP contribution in [0.2, 0.25) is 0 Å². The summed E-state index contributed by atoms with van der Waals surface area (Å²) in [6, 6.07) is 16.3. The lowest BCUT2D eigenvalue weighted by Gasteiger charge is -2.15. The number of amides is 1. The van der Waals surface area contributed by atoms with Crippen LogP contribution in [0, 0.1) is 0 Å². The molecule has 0 aliphatic carbocycles. The van der Waals surface area contributed by atoms with E-state index in [2.05, 4.69) is 5.32 Å². The van der Waals surface area contributed by atoms with E-state index in [9.17, 15) is 13.2 Å². The summed E-state index contributed by atoms with van der Waals surface area (Å²) in [7, 11) is -2.28. The number of anilines is 1. The van der Waals surface area contributed by atoms with E-state index < -0.39 is 15.9 Å². The number of likely N-dealkylation sites (N-methyl/N-ethyl adjacent to an activating group) is 1. The van der Waals surface area contributed by atoms with Gasteiger partial charge in [0.05, 0.1) is 6.54 Å². The zero-order chi connectivity index (χ0) is 19.0. The largest absolute Gasteiger partial charge is 0.456 e. The van der Waals surface area contributed by atoms with E-state index in [-0.39, 0.29) is 10.8 Å². The fraction of sp³-hybridized carbons (Fsp3) is 0.105. The molecule has 0 bridgehead atoms. The summed E-state index contributed by atoms with van der Waals surface area (Å²) in [4.78, 5) is 12.3. The molecule has 0 atom stereocenters. The van der Waals surface area contributed by atoms with Crippen LogP contribution in [0.4, 0.5) is 5.69 Å². The van der Waals surface area contributed by atoms with Crippen molar-refractivity contribution in [2.45, 2.75) is 4.21 Å². The molecule has 6 nitrogen and oxygen atoms in total. The summed E-state index contributed by atoms with van der Waals surface area (Å²) in [5.41, 5.74) is 1.99. The van der Waals surface area contributed by atoms with E-state index >= 15 is 0 Å². The minimum absolute atomic E-state index is 0.210. The number of nitrogens with one attached hydrogen (secondary N) is 1. The Bertz CT molecular complexity index is 1230. The molecule has 2 aromatic heterocycles. The van der Waals surface area contributed by atoms with Gasteiger partial charge in [0.1, 0.15) is 15.4 Å². The molecule has 1 amide bonds. The van der Waals surface area contributed by atoms with Crippen molar-refractivity contribution in [3.8, 4) is 0 Å². The molecule has 0 unspecified atom stereocenters. The number of sulfonamides is 1. The molecule has 27 heavy (non-hydrogen) atoms. The van der Waals surface area contributed by atoms with Gasteiger partial charge >= 0.3 is 0 Å². The summed E-state index contributed by atoms with van der Waals surface area (Å²) < 4.78 is 31.8. The predicted octanol–water partition coefficient (Wildman–Crippen LogP) is 3.91. The van der Waals surface area contributed by atoms with Crippen molar-refractivity contribution < 1.29 is 17.6 Å². The molecule has 1 N–H and O–H groups in total. The number of carbonyl (C=O) groups is 1. The number of thiophene rings is 1. The molecule has 0 aliphatic heterocycles. The van der Waals surface area contributed by atoms with E-state index in [0.717, 1.165) is 32.0 Å². The normalized spacial score (nSPS) is 12.1. The van der Waals surface area contributed by atoms with Crippen LogP contribution in [-0.2, 0) is 14.8 Å². The van der Waals surface area contributed by atoms with Gasteiger partial charge in [-0.05, 0) is 29.6 Å². The van der Waals surface area contributed by atoms with Gasteiger partial charge in [-0.1, -0.05) is 24.3 Å². The lowest BCUT2D eigenvalue weighted by atomic mass is 10.1. The molecule has 0 radical (unpaired) electrons. The molecule has 0 fully saturated rings. The number of hydrogen-bond donors (Lipinski definition) is 1. The van der Waals surface area contributed by atoms with Gasteiger partial charge in [-0.2, -0.15) is 4.31 Å². The van der Waals surface area contributed by atoms with Crippen LogP contribution in [0.3, 0.4) is 0 Å². The third-order valence-corrected chi connectivity index (χ3v) is 7.36. The summed E-state index contributed by atoms with van der Waals surface area (Å²) >= 11 is 1.12. The highest BCUT2D eigenvalue weighted by Gasteiger charge is 2.23. The second kappa shape index (κ2) is 6.80. The third-order valence-electron chi connectivity index (χ3n) is 4.19. The van der Waals surface area contributed by atoms with Gasteiger partial charge < -0.3 is 9.73 Å². The summed E-state index contributed by atoms with van der Waals surface area (Å²) in [6.45, 7) is -0.279. The summed E-state index contributed by atoms with van der Waals surface area (Å²) in [6.07, 6.45) is 0. The second-order valence-corrected chi connectivity index (χ2v) is 9.27. The quantitative estimate of drug-likeness (QED) is 0.551. The van der Waals surface area contributed by atoms with Gasteiger partial charge in [0.25, 0.3) is 10.0 Å². The highest BCUT2D eigenvalue weighted by Crippen LogP contribution is 2.30. The first-order valence-corrected chi connectivity index (χ1v) is 10.5. The first kappa shape index (κ1) is 17.7. The highest BCUT2D eigenvalue weighted by molar-refractivity contribution is 7.91. The van der Waals surface area contributed by atoms with E-state index in [1.165, 1.54) is 13.1 Å². The predicted molar refractivity (Wildman–Crippen MR) is 106 cm³/mol. The lowest BCUT2D eigenvalue weighted by Crippen LogP contribution is -2.34. The Morgan fingerprint density at radius 1 is 1.07 bits per heavy atom. The Hall–Kier alpha value is -2.68. The molecule has 0 saturated heterocycles. The van der Waals surface area contributed by atoms with Gasteiger partial charge in [0.2, 0.25) is 5.91 Å². The number of nitrogens with zero attached hydrogens (tertiary/aromatic N) is 1.